The molecule has 13 heavy (non-hydrogen) atoms. The highest BCUT2D eigenvalue weighted by Gasteiger charge is 2.19. The molecule has 0 radical (unpaired) electrons. The largest absolute Gasteiger partial charge is 0.492 e. The average molecular weight is 185 g/mol. The van der Waals surface area contributed by atoms with Crippen LogP contribution in [0.5, 0.6) is 11.8 Å². The highest BCUT2D eigenvalue weighted by atomic mass is 16.7. The standard InChI is InChI=1S/C9H15NO3/c1-4-6-7(5-2)9(12)10(13-3)8(6)11/h11-12H,4-5H2,1-3H3. The molecule has 0 spiro atoms. The van der Waals surface area contributed by atoms with Crippen molar-refractivity contribution in [3.05, 3.63) is 11.1 Å². The van der Waals surface area contributed by atoms with Gasteiger partial charge in [-0.05, 0) is 12.8 Å². The van der Waals surface area contributed by atoms with Crippen molar-refractivity contribution in [2.75, 3.05) is 7.11 Å². The van der Waals surface area contributed by atoms with Gasteiger partial charge in [0.1, 0.15) is 7.11 Å². The molecule has 0 saturated carbocycles. The Bertz CT molecular complexity index is 277. The summed E-state index contributed by atoms with van der Waals surface area (Å²) in [5.74, 6) is -0.00120. The van der Waals surface area contributed by atoms with Crippen molar-refractivity contribution in [3.63, 3.8) is 0 Å². The van der Waals surface area contributed by atoms with Crippen molar-refractivity contribution in [2.24, 2.45) is 0 Å². The Labute approximate surface area is 77.3 Å². The first-order valence-corrected chi connectivity index (χ1v) is 4.36. The zero-order valence-electron chi connectivity index (χ0n) is 8.16. The molecule has 0 aromatic carbocycles. The van der Waals surface area contributed by atoms with E-state index in [4.69, 9.17) is 4.84 Å². The molecule has 74 valence electrons. The summed E-state index contributed by atoms with van der Waals surface area (Å²) < 4.78 is 1.04. The molecule has 0 saturated heterocycles. The lowest BCUT2D eigenvalue weighted by atomic mass is 10.1. The molecule has 1 aromatic rings. The van der Waals surface area contributed by atoms with Crippen molar-refractivity contribution in [1.82, 2.24) is 4.73 Å². The minimum absolute atomic E-state index is 0.000602. The van der Waals surface area contributed by atoms with Gasteiger partial charge in [0.15, 0.2) is 0 Å². The van der Waals surface area contributed by atoms with E-state index in [0.717, 1.165) is 15.9 Å². The van der Waals surface area contributed by atoms with E-state index in [0.29, 0.717) is 12.8 Å². The van der Waals surface area contributed by atoms with Gasteiger partial charge >= 0.3 is 0 Å². The van der Waals surface area contributed by atoms with Crippen LogP contribution in [0.25, 0.3) is 0 Å². The van der Waals surface area contributed by atoms with Crippen LogP contribution in [-0.2, 0) is 12.8 Å². The minimum atomic E-state index is -0.000602. The Kier molecular flexibility index (Phi) is 2.70. The van der Waals surface area contributed by atoms with Crippen molar-refractivity contribution < 1.29 is 15.1 Å². The Balaban J connectivity index is 3.33. The van der Waals surface area contributed by atoms with Crippen LogP contribution in [0.3, 0.4) is 0 Å². The van der Waals surface area contributed by atoms with Crippen LogP contribution in [-0.4, -0.2) is 22.1 Å². The molecular weight excluding hydrogens is 170 g/mol. The van der Waals surface area contributed by atoms with Crippen LogP contribution < -0.4 is 4.84 Å². The maximum absolute atomic E-state index is 9.60. The van der Waals surface area contributed by atoms with E-state index in [1.165, 1.54) is 7.11 Å². The fourth-order valence-electron chi connectivity index (χ4n) is 1.53. The van der Waals surface area contributed by atoms with Gasteiger partial charge in [0.25, 0.3) is 0 Å². The Morgan fingerprint density at radius 3 is 1.69 bits per heavy atom. The summed E-state index contributed by atoms with van der Waals surface area (Å²) in [6.45, 7) is 3.85. The van der Waals surface area contributed by atoms with Crippen LogP contribution in [0.1, 0.15) is 25.0 Å². The number of hydrogen-bond donors (Lipinski definition) is 2. The predicted molar refractivity (Wildman–Crippen MR) is 49.0 cm³/mol. The number of hydrogen-bond acceptors (Lipinski definition) is 3. The number of nitrogens with zero attached hydrogens (tertiary/aromatic N) is 1. The fraction of sp³-hybridized carbons (Fsp3) is 0.556. The summed E-state index contributed by atoms with van der Waals surface area (Å²) in [6, 6.07) is 0. The van der Waals surface area contributed by atoms with Crippen molar-refractivity contribution in [1.29, 1.82) is 0 Å². The van der Waals surface area contributed by atoms with Crippen molar-refractivity contribution in [2.45, 2.75) is 26.7 Å². The van der Waals surface area contributed by atoms with Gasteiger partial charge in [-0.3, -0.25) is 0 Å². The lowest BCUT2D eigenvalue weighted by Gasteiger charge is -2.02. The third kappa shape index (κ3) is 1.32. The van der Waals surface area contributed by atoms with Crippen LogP contribution in [0, 0.1) is 0 Å². The van der Waals surface area contributed by atoms with Crippen LogP contribution in [0.15, 0.2) is 0 Å². The molecule has 2 N–H and O–H groups in total. The molecule has 4 nitrogen and oxygen atoms in total. The van der Waals surface area contributed by atoms with E-state index in [1.54, 1.807) is 0 Å². The van der Waals surface area contributed by atoms with Gasteiger partial charge < -0.3 is 15.1 Å². The zero-order valence-corrected chi connectivity index (χ0v) is 8.16. The fourth-order valence-corrected chi connectivity index (χ4v) is 1.53. The van der Waals surface area contributed by atoms with Gasteiger partial charge in [0.05, 0.1) is 0 Å². The van der Waals surface area contributed by atoms with E-state index < -0.39 is 0 Å². The third-order valence-corrected chi connectivity index (χ3v) is 2.18. The first-order valence-electron chi connectivity index (χ1n) is 4.36. The first-order chi connectivity index (χ1) is 6.17. The minimum Gasteiger partial charge on any atom is -0.492 e. The Hall–Kier alpha value is -1.32. The van der Waals surface area contributed by atoms with Gasteiger partial charge in [0, 0.05) is 11.1 Å². The average Bonchev–Trinajstić information content (AvgIpc) is 2.36. The highest BCUT2D eigenvalue weighted by Crippen LogP contribution is 2.33. The Morgan fingerprint density at radius 2 is 1.46 bits per heavy atom. The molecule has 0 aliphatic rings. The van der Waals surface area contributed by atoms with E-state index >= 15 is 0 Å². The van der Waals surface area contributed by atoms with Gasteiger partial charge in [-0.25, -0.2) is 0 Å². The Morgan fingerprint density at radius 1 is 1.08 bits per heavy atom. The van der Waals surface area contributed by atoms with Crippen LogP contribution in [0.4, 0.5) is 0 Å². The lowest BCUT2D eigenvalue weighted by molar-refractivity contribution is 0.119. The van der Waals surface area contributed by atoms with Crippen LogP contribution >= 0.6 is 0 Å². The van der Waals surface area contributed by atoms with E-state index in [2.05, 4.69) is 0 Å². The van der Waals surface area contributed by atoms with Gasteiger partial charge in [-0.15, -0.1) is 4.73 Å². The molecule has 0 aliphatic carbocycles. The highest BCUT2D eigenvalue weighted by molar-refractivity contribution is 5.44. The number of rotatable bonds is 3. The van der Waals surface area contributed by atoms with E-state index in [9.17, 15) is 10.2 Å². The third-order valence-electron chi connectivity index (χ3n) is 2.18. The smallest absolute Gasteiger partial charge is 0.232 e. The molecule has 0 aliphatic heterocycles. The van der Waals surface area contributed by atoms with E-state index in [1.807, 2.05) is 13.8 Å². The lowest BCUT2D eigenvalue weighted by Crippen LogP contribution is -2.03. The van der Waals surface area contributed by atoms with Gasteiger partial charge in [-0.2, -0.15) is 0 Å². The van der Waals surface area contributed by atoms with E-state index in [-0.39, 0.29) is 11.8 Å². The second-order valence-corrected chi connectivity index (χ2v) is 2.79. The number of aromatic nitrogens is 1. The first kappa shape index (κ1) is 9.77. The monoisotopic (exact) mass is 185 g/mol. The maximum atomic E-state index is 9.60. The topological polar surface area (TPSA) is 54.6 Å². The molecule has 0 fully saturated rings. The molecule has 0 bridgehead atoms. The maximum Gasteiger partial charge on any atom is 0.232 e. The quantitative estimate of drug-likeness (QED) is 0.741. The summed E-state index contributed by atoms with van der Waals surface area (Å²) in [6.07, 6.45) is 1.36. The molecule has 0 unspecified atom stereocenters. The SMILES string of the molecule is CCc1c(CC)c(O)n(OC)c1O. The van der Waals surface area contributed by atoms with Crippen molar-refractivity contribution in [3.8, 4) is 11.8 Å². The molecular formula is C9H15NO3. The summed E-state index contributed by atoms with van der Waals surface area (Å²) >= 11 is 0. The summed E-state index contributed by atoms with van der Waals surface area (Å²) in [5.41, 5.74) is 1.50. The molecule has 1 rings (SSSR count). The zero-order chi connectivity index (χ0) is 10.0. The second-order valence-electron chi connectivity index (χ2n) is 2.79. The molecule has 1 heterocycles. The normalized spacial score (nSPS) is 10.4. The molecule has 0 atom stereocenters. The molecule has 0 amide bonds. The molecule has 1 aromatic heterocycles. The number of aromatic hydroxyl groups is 2. The van der Waals surface area contributed by atoms with Crippen LogP contribution in [0.2, 0.25) is 0 Å². The summed E-state index contributed by atoms with van der Waals surface area (Å²) in [4.78, 5) is 4.82. The predicted octanol–water partition coefficient (Wildman–Crippen LogP) is 1.08. The van der Waals surface area contributed by atoms with Crippen molar-refractivity contribution >= 4 is 0 Å². The molecule has 4 heteroatoms. The van der Waals surface area contributed by atoms with Gasteiger partial charge in [-0.1, -0.05) is 13.8 Å². The van der Waals surface area contributed by atoms with Gasteiger partial charge in [0.2, 0.25) is 11.8 Å². The summed E-state index contributed by atoms with van der Waals surface area (Å²) in [7, 11) is 1.40. The summed E-state index contributed by atoms with van der Waals surface area (Å²) in [5, 5.41) is 19.2. The second kappa shape index (κ2) is 3.60.